The molecule has 0 radical (unpaired) electrons. The zero-order valence-electron chi connectivity index (χ0n) is 16.7. The van der Waals surface area contributed by atoms with E-state index >= 15 is 0 Å². The number of rotatable bonds is 7. The first-order chi connectivity index (χ1) is 12.1. The monoisotopic (exact) mass is 361 g/mol. The molecule has 0 aliphatic carbocycles. The SMILES string of the molecule is CCCN(CC(=O)Nc1ccccc1C)C(=O)C(C)NC(=O)C(C)(C)C. The fraction of sp³-hybridized carbons (Fsp3) is 0.550. The van der Waals surface area contributed by atoms with E-state index in [2.05, 4.69) is 10.6 Å². The van der Waals surface area contributed by atoms with E-state index in [0.29, 0.717) is 6.54 Å². The van der Waals surface area contributed by atoms with Gasteiger partial charge in [-0.15, -0.1) is 0 Å². The molecule has 0 bridgehead atoms. The average molecular weight is 361 g/mol. The van der Waals surface area contributed by atoms with E-state index in [-0.39, 0.29) is 24.3 Å². The van der Waals surface area contributed by atoms with E-state index in [4.69, 9.17) is 0 Å². The molecule has 0 saturated carbocycles. The van der Waals surface area contributed by atoms with Gasteiger partial charge in [0.15, 0.2) is 0 Å². The largest absolute Gasteiger partial charge is 0.344 e. The molecule has 0 saturated heterocycles. The number of hydrogen-bond donors (Lipinski definition) is 2. The van der Waals surface area contributed by atoms with E-state index in [9.17, 15) is 14.4 Å². The predicted molar refractivity (Wildman–Crippen MR) is 104 cm³/mol. The summed E-state index contributed by atoms with van der Waals surface area (Å²) in [5, 5.41) is 5.57. The third-order valence-electron chi connectivity index (χ3n) is 3.96. The summed E-state index contributed by atoms with van der Waals surface area (Å²) < 4.78 is 0. The molecule has 6 heteroatoms. The van der Waals surface area contributed by atoms with Crippen LogP contribution in [-0.4, -0.2) is 41.8 Å². The fourth-order valence-electron chi connectivity index (χ4n) is 2.36. The summed E-state index contributed by atoms with van der Waals surface area (Å²) in [5.74, 6) is -0.709. The van der Waals surface area contributed by atoms with Crippen molar-refractivity contribution in [2.75, 3.05) is 18.4 Å². The van der Waals surface area contributed by atoms with Gasteiger partial charge in [-0.3, -0.25) is 14.4 Å². The van der Waals surface area contributed by atoms with Crippen molar-refractivity contribution >= 4 is 23.4 Å². The maximum absolute atomic E-state index is 12.7. The van der Waals surface area contributed by atoms with Gasteiger partial charge in [-0.05, 0) is 31.9 Å². The Bertz CT molecular complexity index is 650. The van der Waals surface area contributed by atoms with Gasteiger partial charge in [0.1, 0.15) is 6.04 Å². The van der Waals surface area contributed by atoms with Gasteiger partial charge in [-0.2, -0.15) is 0 Å². The summed E-state index contributed by atoms with van der Waals surface area (Å²) in [5.41, 5.74) is 1.11. The lowest BCUT2D eigenvalue weighted by Gasteiger charge is -2.27. The van der Waals surface area contributed by atoms with Gasteiger partial charge < -0.3 is 15.5 Å². The molecule has 0 aromatic heterocycles. The van der Waals surface area contributed by atoms with Crippen molar-refractivity contribution in [1.82, 2.24) is 10.2 Å². The Hall–Kier alpha value is -2.37. The van der Waals surface area contributed by atoms with Gasteiger partial charge in [-0.1, -0.05) is 45.9 Å². The standard InChI is InChI=1S/C20H31N3O3/c1-7-12-23(18(25)15(3)21-19(26)20(4,5)6)13-17(24)22-16-11-9-8-10-14(16)2/h8-11,15H,7,12-13H2,1-6H3,(H,21,26)(H,22,24). The van der Waals surface area contributed by atoms with Gasteiger partial charge in [-0.25, -0.2) is 0 Å². The molecule has 1 aromatic carbocycles. The smallest absolute Gasteiger partial charge is 0.245 e. The van der Waals surface area contributed by atoms with Crippen molar-refractivity contribution in [3.8, 4) is 0 Å². The first-order valence-electron chi connectivity index (χ1n) is 9.01. The molecule has 1 aromatic rings. The molecule has 0 spiro atoms. The van der Waals surface area contributed by atoms with Crippen LogP contribution in [0.4, 0.5) is 5.69 Å². The highest BCUT2D eigenvalue weighted by Crippen LogP contribution is 2.14. The van der Waals surface area contributed by atoms with Crippen LogP contribution in [0.3, 0.4) is 0 Å². The molecule has 0 fully saturated rings. The Morgan fingerprint density at radius 2 is 1.77 bits per heavy atom. The van der Waals surface area contributed by atoms with Crippen molar-refractivity contribution in [3.05, 3.63) is 29.8 Å². The molecule has 3 amide bonds. The number of para-hydroxylation sites is 1. The lowest BCUT2D eigenvalue weighted by molar-refractivity contribution is -0.139. The van der Waals surface area contributed by atoms with Crippen LogP contribution < -0.4 is 10.6 Å². The van der Waals surface area contributed by atoms with E-state index in [1.165, 1.54) is 4.90 Å². The molecule has 1 atom stereocenters. The summed E-state index contributed by atoms with van der Waals surface area (Å²) in [4.78, 5) is 38.6. The summed E-state index contributed by atoms with van der Waals surface area (Å²) in [6.07, 6.45) is 0.726. The average Bonchev–Trinajstić information content (AvgIpc) is 2.55. The second kappa shape index (κ2) is 9.36. The number of amides is 3. The lowest BCUT2D eigenvalue weighted by atomic mass is 9.95. The van der Waals surface area contributed by atoms with Gasteiger partial charge in [0, 0.05) is 17.6 Å². The number of carbonyl (C=O) groups excluding carboxylic acids is 3. The fourth-order valence-corrected chi connectivity index (χ4v) is 2.36. The number of aryl methyl sites for hydroxylation is 1. The van der Waals surface area contributed by atoms with Gasteiger partial charge in [0.2, 0.25) is 17.7 Å². The minimum Gasteiger partial charge on any atom is -0.344 e. The molecule has 1 rings (SSSR count). The number of nitrogens with zero attached hydrogens (tertiary/aromatic N) is 1. The van der Waals surface area contributed by atoms with E-state index < -0.39 is 11.5 Å². The minimum absolute atomic E-state index is 0.0449. The first kappa shape index (κ1) is 21.7. The Balaban J connectivity index is 2.74. The van der Waals surface area contributed by atoms with Crippen molar-refractivity contribution in [1.29, 1.82) is 0 Å². The quantitative estimate of drug-likeness (QED) is 0.784. The van der Waals surface area contributed by atoms with Crippen LogP contribution in [0.25, 0.3) is 0 Å². The van der Waals surface area contributed by atoms with Crippen molar-refractivity contribution in [2.45, 2.75) is 54.0 Å². The Labute approximate surface area is 156 Å². The van der Waals surface area contributed by atoms with E-state index in [1.54, 1.807) is 27.7 Å². The van der Waals surface area contributed by atoms with Crippen LogP contribution in [0.15, 0.2) is 24.3 Å². The number of hydrogen-bond acceptors (Lipinski definition) is 3. The van der Waals surface area contributed by atoms with E-state index in [0.717, 1.165) is 17.7 Å². The third-order valence-corrected chi connectivity index (χ3v) is 3.96. The van der Waals surface area contributed by atoms with Gasteiger partial charge in [0.25, 0.3) is 0 Å². The highest BCUT2D eigenvalue weighted by Gasteiger charge is 2.28. The molecule has 0 aliphatic rings. The van der Waals surface area contributed by atoms with Crippen LogP contribution in [0.1, 0.15) is 46.6 Å². The van der Waals surface area contributed by atoms with Crippen LogP contribution in [-0.2, 0) is 14.4 Å². The number of benzene rings is 1. The summed E-state index contributed by atoms with van der Waals surface area (Å²) >= 11 is 0. The molecule has 26 heavy (non-hydrogen) atoms. The van der Waals surface area contributed by atoms with Crippen LogP contribution in [0, 0.1) is 12.3 Å². The zero-order chi connectivity index (χ0) is 19.9. The molecular formula is C20H31N3O3. The number of anilines is 1. The van der Waals surface area contributed by atoms with Crippen LogP contribution >= 0.6 is 0 Å². The van der Waals surface area contributed by atoms with Crippen molar-refractivity contribution in [3.63, 3.8) is 0 Å². The van der Waals surface area contributed by atoms with E-state index in [1.807, 2.05) is 38.1 Å². The molecular weight excluding hydrogens is 330 g/mol. The first-order valence-corrected chi connectivity index (χ1v) is 9.01. The molecule has 2 N–H and O–H groups in total. The van der Waals surface area contributed by atoms with Gasteiger partial charge in [0.05, 0.1) is 6.54 Å². The lowest BCUT2D eigenvalue weighted by Crippen LogP contribution is -2.51. The van der Waals surface area contributed by atoms with Crippen LogP contribution in [0.5, 0.6) is 0 Å². The van der Waals surface area contributed by atoms with Crippen LogP contribution in [0.2, 0.25) is 0 Å². The normalized spacial score (nSPS) is 12.2. The second-order valence-corrected chi connectivity index (χ2v) is 7.57. The molecule has 0 heterocycles. The number of nitrogens with one attached hydrogen (secondary N) is 2. The summed E-state index contributed by atoms with van der Waals surface area (Å²) in [6.45, 7) is 11.3. The Morgan fingerprint density at radius 1 is 1.15 bits per heavy atom. The zero-order valence-corrected chi connectivity index (χ0v) is 16.7. The number of carbonyl (C=O) groups is 3. The summed E-state index contributed by atoms with van der Waals surface area (Å²) in [6, 6.07) is 6.80. The Kier molecular flexibility index (Phi) is 7.80. The molecule has 1 unspecified atom stereocenters. The Morgan fingerprint density at radius 3 is 2.31 bits per heavy atom. The topological polar surface area (TPSA) is 78.5 Å². The predicted octanol–water partition coefficient (Wildman–Crippen LogP) is 2.72. The van der Waals surface area contributed by atoms with Crippen molar-refractivity contribution < 1.29 is 14.4 Å². The van der Waals surface area contributed by atoms with Gasteiger partial charge >= 0.3 is 0 Å². The molecule has 0 aliphatic heterocycles. The highest BCUT2D eigenvalue weighted by molar-refractivity contribution is 5.96. The molecule has 6 nitrogen and oxygen atoms in total. The summed E-state index contributed by atoms with van der Waals surface area (Å²) in [7, 11) is 0. The third kappa shape index (κ3) is 6.50. The maximum Gasteiger partial charge on any atom is 0.245 e. The minimum atomic E-state index is -0.681. The maximum atomic E-state index is 12.7. The van der Waals surface area contributed by atoms with Crippen molar-refractivity contribution in [2.24, 2.45) is 5.41 Å². The highest BCUT2D eigenvalue weighted by atomic mass is 16.2. The second-order valence-electron chi connectivity index (χ2n) is 7.57. The molecule has 144 valence electrons.